The molecule has 4 N–H and O–H groups in total. The second-order valence-corrected chi connectivity index (χ2v) is 4.12. The number of imidazole rings is 1. The normalized spacial score (nSPS) is 12.1. The molecule has 7 nitrogen and oxygen atoms in total. The van der Waals surface area contributed by atoms with Crippen LogP contribution in [0.3, 0.4) is 0 Å². The maximum atomic E-state index is 11.6. The van der Waals surface area contributed by atoms with Gasteiger partial charge < -0.3 is 20.5 Å². The van der Waals surface area contributed by atoms with Crippen molar-refractivity contribution in [2.24, 2.45) is 5.92 Å². The summed E-state index contributed by atoms with van der Waals surface area (Å²) < 4.78 is 0. The topological polar surface area (TPSA) is 115 Å². The molecule has 0 aliphatic rings. The highest BCUT2D eigenvalue weighted by molar-refractivity contribution is 6.02. The quantitative estimate of drug-likeness (QED) is 0.521. The lowest BCUT2D eigenvalue weighted by Crippen LogP contribution is -2.27. The van der Waals surface area contributed by atoms with Crippen molar-refractivity contribution in [2.45, 2.75) is 19.8 Å². The lowest BCUT2D eigenvalue weighted by atomic mass is 10.1. The molecule has 0 saturated heterocycles. The van der Waals surface area contributed by atoms with Crippen LogP contribution >= 0.6 is 0 Å². The van der Waals surface area contributed by atoms with Crippen LogP contribution in [0, 0.1) is 5.92 Å². The van der Waals surface area contributed by atoms with Crippen LogP contribution in [-0.4, -0.2) is 45.2 Å². The smallest absolute Gasteiger partial charge is 0.354 e. The number of amides is 1. The number of H-pyrrole nitrogens is 1. The van der Waals surface area contributed by atoms with Crippen molar-refractivity contribution in [1.29, 1.82) is 0 Å². The molecule has 0 aromatic carbocycles. The second kappa shape index (κ2) is 6.75. The van der Waals surface area contributed by atoms with E-state index in [-0.39, 0.29) is 23.9 Å². The summed E-state index contributed by atoms with van der Waals surface area (Å²) in [5, 5.41) is 20.2. The van der Waals surface area contributed by atoms with Crippen LogP contribution in [0.4, 0.5) is 0 Å². The van der Waals surface area contributed by atoms with E-state index >= 15 is 0 Å². The number of carbonyl (C=O) groups is 2. The number of aromatic carboxylic acids is 1. The molecule has 7 heteroatoms. The minimum atomic E-state index is -1.22. The van der Waals surface area contributed by atoms with E-state index < -0.39 is 11.9 Å². The van der Waals surface area contributed by atoms with E-state index in [1.165, 1.54) is 6.33 Å². The minimum Gasteiger partial charge on any atom is -0.477 e. The molecule has 1 heterocycles. The Morgan fingerprint density at radius 1 is 1.56 bits per heavy atom. The zero-order chi connectivity index (χ0) is 13.5. The van der Waals surface area contributed by atoms with E-state index in [9.17, 15) is 9.59 Å². The number of carboxylic acid groups (broad SMARTS) is 1. The average molecular weight is 255 g/mol. The van der Waals surface area contributed by atoms with E-state index in [0.717, 1.165) is 12.8 Å². The largest absolute Gasteiger partial charge is 0.477 e. The van der Waals surface area contributed by atoms with Crippen LogP contribution in [0.25, 0.3) is 0 Å². The molecule has 0 fully saturated rings. The van der Waals surface area contributed by atoms with Crippen LogP contribution in [-0.2, 0) is 0 Å². The summed E-state index contributed by atoms with van der Waals surface area (Å²) in [6, 6.07) is 0. The third kappa shape index (κ3) is 3.85. The molecule has 1 unspecified atom stereocenters. The predicted octanol–water partition coefficient (Wildman–Crippen LogP) is 0.246. The number of carbonyl (C=O) groups excluding carboxylic acids is 1. The van der Waals surface area contributed by atoms with E-state index in [2.05, 4.69) is 15.3 Å². The Kier molecular flexibility index (Phi) is 5.31. The SMILES string of the molecule is CC(CO)CCCNC(=O)c1nc[nH]c1C(=O)O. The van der Waals surface area contributed by atoms with Crippen molar-refractivity contribution >= 4 is 11.9 Å². The van der Waals surface area contributed by atoms with Gasteiger partial charge >= 0.3 is 5.97 Å². The summed E-state index contributed by atoms with van der Waals surface area (Å²) >= 11 is 0. The Labute approximate surface area is 104 Å². The highest BCUT2D eigenvalue weighted by atomic mass is 16.4. The first-order valence-corrected chi connectivity index (χ1v) is 5.72. The molecular weight excluding hydrogens is 238 g/mol. The Hall–Kier alpha value is -1.89. The van der Waals surface area contributed by atoms with E-state index in [4.69, 9.17) is 10.2 Å². The third-order valence-corrected chi connectivity index (χ3v) is 2.54. The van der Waals surface area contributed by atoms with Crippen LogP contribution in [0.15, 0.2) is 6.33 Å². The molecule has 1 aromatic heterocycles. The molecule has 0 aliphatic heterocycles. The van der Waals surface area contributed by atoms with Crippen molar-refractivity contribution in [3.63, 3.8) is 0 Å². The van der Waals surface area contributed by atoms with Gasteiger partial charge in [-0.05, 0) is 18.8 Å². The molecule has 0 saturated carbocycles. The number of hydrogen-bond acceptors (Lipinski definition) is 4. The van der Waals surface area contributed by atoms with Crippen LogP contribution in [0.2, 0.25) is 0 Å². The summed E-state index contributed by atoms with van der Waals surface area (Å²) in [5.74, 6) is -1.53. The lowest BCUT2D eigenvalue weighted by Gasteiger charge is -2.07. The van der Waals surface area contributed by atoms with Gasteiger partial charge in [0.1, 0.15) is 0 Å². The molecule has 18 heavy (non-hydrogen) atoms. The van der Waals surface area contributed by atoms with Gasteiger partial charge in [0.15, 0.2) is 11.4 Å². The Morgan fingerprint density at radius 2 is 2.28 bits per heavy atom. The van der Waals surface area contributed by atoms with Gasteiger partial charge in [-0.3, -0.25) is 4.79 Å². The molecule has 0 spiro atoms. The summed E-state index contributed by atoms with van der Waals surface area (Å²) in [4.78, 5) is 28.5. The van der Waals surface area contributed by atoms with Crippen molar-refractivity contribution in [2.75, 3.05) is 13.2 Å². The number of aliphatic hydroxyl groups excluding tert-OH is 1. The Balaban J connectivity index is 2.41. The number of carboxylic acids is 1. The molecule has 0 aliphatic carbocycles. The number of aromatic nitrogens is 2. The predicted molar refractivity (Wildman–Crippen MR) is 63.4 cm³/mol. The number of rotatable bonds is 7. The van der Waals surface area contributed by atoms with Gasteiger partial charge in [-0.1, -0.05) is 6.92 Å². The maximum Gasteiger partial charge on any atom is 0.354 e. The second-order valence-electron chi connectivity index (χ2n) is 4.12. The van der Waals surface area contributed by atoms with Gasteiger partial charge in [0.25, 0.3) is 5.91 Å². The zero-order valence-corrected chi connectivity index (χ0v) is 10.1. The van der Waals surface area contributed by atoms with Gasteiger partial charge in [0, 0.05) is 13.2 Å². The summed E-state index contributed by atoms with van der Waals surface area (Å²) in [5.41, 5.74) is -0.325. The monoisotopic (exact) mass is 255 g/mol. The van der Waals surface area contributed by atoms with Crippen molar-refractivity contribution < 1.29 is 19.8 Å². The van der Waals surface area contributed by atoms with Crippen LogP contribution in [0.5, 0.6) is 0 Å². The molecule has 1 amide bonds. The standard InChI is InChI=1S/C11H17N3O4/c1-7(5-15)3-2-4-12-10(16)8-9(11(17)18)14-6-13-8/h6-7,15H,2-5H2,1H3,(H,12,16)(H,13,14)(H,17,18). The van der Waals surface area contributed by atoms with Crippen molar-refractivity contribution in [3.05, 3.63) is 17.7 Å². The average Bonchev–Trinajstić information content (AvgIpc) is 2.83. The molecule has 1 rings (SSSR count). The van der Waals surface area contributed by atoms with E-state index in [1.54, 1.807) is 0 Å². The number of aliphatic hydroxyl groups is 1. The number of hydrogen-bond donors (Lipinski definition) is 4. The molecule has 0 bridgehead atoms. The van der Waals surface area contributed by atoms with Crippen molar-refractivity contribution in [1.82, 2.24) is 15.3 Å². The molecular formula is C11H17N3O4. The van der Waals surface area contributed by atoms with Gasteiger partial charge in [-0.2, -0.15) is 0 Å². The van der Waals surface area contributed by atoms with Gasteiger partial charge in [-0.25, -0.2) is 9.78 Å². The fourth-order valence-corrected chi connectivity index (χ4v) is 1.46. The van der Waals surface area contributed by atoms with Gasteiger partial charge in [0.05, 0.1) is 6.33 Å². The van der Waals surface area contributed by atoms with Gasteiger partial charge in [-0.15, -0.1) is 0 Å². The van der Waals surface area contributed by atoms with Gasteiger partial charge in [0.2, 0.25) is 0 Å². The fourth-order valence-electron chi connectivity index (χ4n) is 1.46. The molecule has 0 radical (unpaired) electrons. The number of nitrogens with zero attached hydrogens (tertiary/aromatic N) is 1. The van der Waals surface area contributed by atoms with Crippen molar-refractivity contribution in [3.8, 4) is 0 Å². The molecule has 1 atom stereocenters. The Morgan fingerprint density at radius 3 is 2.89 bits per heavy atom. The van der Waals surface area contributed by atoms with Crippen LogP contribution in [0.1, 0.15) is 40.7 Å². The summed E-state index contributed by atoms with van der Waals surface area (Å²) in [7, 11) is 0. The molecule has 1 aromatic rings. The van der Waals surface area contributed by atoms with E-state index in [1.807, 2.05) is 6.92 Å². The third-order valence-electron chi connectivity index (χ3n) is 2.54. The highest BCUT2D eigenvalue weighted by Gasteiger charge is 2.18. The number of aromatic amines is 1. The highest BCUT2D eigenvalue weighted by Crippen LogP contribution is 2.04. The minimum absolute atomic E-state index is 0.113. The van der Waals surface area contributed by atoms with Crippen LogP contribution < -0.4 is 5.32 Å². The van der Waals surface area contributed by atoms with E-state index in [0.29, 0.717) is 6.54 Å². The zero-order valence-electron chi connectivity index (χ0n) is 10.1. The Bertz CT molecular complexity index is 416. The first kappa shape index (κ1) is 14.2. The number of nitrogens with one attached hydrogen (secondary N) is 2. The summed E-state index contributed by atoms with van der Waals surface area (Å²) in [6.07, 6.45) is 2.69. The molecule has 100 valence electrons. The lowest BCUT2D eigenvalue weighted by molar-refractivity contribution is 0.0685. The first-order valence-electron chi connectivity index (χ1n) is 5.72. The maximum absolute atomic E-state index is 11.6. The fraction of sp³-hybridized carbons (Fsp3) is 0.545. The summed E-state index contributed by atoms with van der Waals surface area (Å²) in [6.45, 7) is 2.46. The first-order chi connectivity index (χ1) is 8.56.